The van der Waals surface area contributed by atoms with Gasteiger partial charge in [-0.2, -0.15) is 0 Å². The molecule has 2 rings (SSSR count). The Bertz CT molecular complexity index is 173. The van der Waals surface area contributed by atoms with Crippen molar-refractivity contribution in [3.05, 3.63) is 0 Å². The smallest absolute Gasteiger partial charge is 0.00385 e. The van der Waals surface area contributed by atoms with Crippen LogP contribution in [0.15, 0.2) is 0 Å². The van der Waals surface area contributed by atoms with E-state index in [1.165, 1.54) is 51.9 Å². The molecule has 96 valence electrons. The first-order valence-electron chi connectivity index (χ1n) is 7.17. The molecule has 0 radical (unpaired) electrons. The lowest BCUT2D eigenvalue weighted by molar-refractivity contribution is 0.0627. The van der Waals surface area contributed by atoms with Crippen LogP contribution in [-0.2, 0) is 0 Å². The van der Waals surface area contributed by atoms with E-state index >= 15 is 0 Å². The SMILES string of the molecule is CC.CC(C)N1CCC2(CCCNC2)CC1. The van der Waals surface area contributed by atoms with Gasteiger partial charge in [-0.25, -0.2) is 0 Å². The quantitative estimate of drug-likeness (QED) is 0.739. The number of rotatable bonds is 1. The van der Waals surface area contributed by atoms with Crippen molar-refractivity contribution in [1.29, 1.82) is 0 Å². The normalized spacial score (nSPS) is 25.3. The van der Waals surface area contributed by atoms with Gasteiger partial charge in [-0.1, -0.05) is 13.8 Å². The predicted molar refractivity (Wildman–Crippen MR) is 71.8 cm³/mol. The largest absolute Gasteiger partial charge is 0.316 e. The lowest BCUT2D eigenvalue weighted by atomic mass is 9.73. The number of likely N-dealkylation sites (tertiary alicyclic amines) is 1. The highest BCUT2D eigenvalue weighted by atomic mass is 15.2. The van der Waals surface area contributed by atoms with Crippen LogP contribution in [0.2, 0.25) is 0 Å². The topological polar surface area (TPSA) is 15.3 Å². The van der Waals surface area contributed by atoms with Crippen molar-refractivity contribution in [2.75, 3.05) is 26.2 Å². The minimum Gasteiger partial charge on any atom is -0.316 e. The van der Waals surface area contributed by atoms with Gasteiger partial charge in [0.05, 0.1) is 0 Å². The van der Waals surface area contributed by atoms with Gasteiger partial charge in [-0.3, -0.25) is 0 Å². The molecule has 0 aromatic carbocycles. The summed E-state index contributed by atoms with van der Waals surface area (Å²) < 4.78 is 0. The molecule has 0 saturated carbocycles. The first-order chi connectivity index (χ1) is 7.72. The van der Waals surface area contributed by atoms with E-state index in [4.69, 9.17) is 0 Å². The second-order valence-corrected chi connectivity index (χ2v) is 5.41. The number of nitrogens with one attached hydrogen (secondary N) is 1. The molecule has 0 aromatic heterocycles. The fourth-order valence-corrected chi connectivity index (χ4v) is 2.97. The highest BCUT2D eigenvalue weighted by Gasteiger charge is 2.35. The van der Waals surface area contributed by atoms with Crippen LogP contribution in [0.1, 0.15) is 53.4 Å². The maximum absolute atomic E-state index is 3.57. The predicted octanol–water partition coefficient (Wildman–Crippen LogP) is 2.89. The lowest BCUT2D eigenvalue weighted by Crippen LogP contribution is -2.49. The molecular formula is C14H30N2. The van der Waals surface area contributed by atoms with Crippen LogP contribution in [0.4, 0.5) is 0 Å². The molecule has 0 aliphatic carbocycles. The minimum absolute atomic E-state index is 0.670. The Morgan fingerprint density at radius 1 is 1.06 bits per heavy atom. The van der Waals surface area contributed by atoms with E-state index in [1.54, 1.807) is 0 Å². The fourth-order valence-electron chi connectivity index (χ4n) is 2.97. The number of nitrogens with zero attached hydrogens (tertiary/aromatic N) is 1. The molecule has 2 nitrogen and oxygen atoms in total. The summed E-state index contributed by atoms with van der Waals surface area (Å²) >= 11 is 0. The van der Waals surface area contributed by atoms with Crippen molar-refractivity contribution in [3.63, 3.8) is 0 Å². The summed E-state index contributed by atoms with van der Waals surface area (Å²) in [4.78, 5) is 2.62. The third-order valence-corrected chi connectivity index (χ3v) is 4.15. The van der Waals surface area contributed by atoms with Crippen LogP contribution in [0.25, 0.3) is 0 Å². The van der Waals surface area contributed by atoms with E-state index < -0.39 is 0 Å². The van der Waals surface area contributed by atoms with Crippen molar-refractivity contribution in [2.24, 2.45) is 5.41 Å². The summed E-state index contributed by atoms with van der Waals surface area (Å²) in [7, 11) is 0. The number of hydrogen-bond acceptors (Lipinski definition) is 2. The summed E-state index contributed by atoms with van der Waals surface area (Å²) in [6.07, 6.45) is 5.68. The monoisotopic (exact) mass is 226 g/mol. The van der Waals surface area contributed by atoms with Gasteiger partial charge in [0, 0.05) is 12.6 Å². The molecule has 1 spiro atoms. The number of hydrogen-bond donors (Lipinski definition) is 1. The zero-order chi connectivity index (χ0) is 12.0. The highest BCUT2D eigenvalue weighted by Crippen LogP contribution is 2.37. The first kappa shape index (κ1) is 14.0. The molecule has 2 saturated heterocycles. The lowest BCUT2D eigenvalue weighted by Gasteiger charge is -2.45. The molecule has 2 aliphatic rings. The van der Waals surface area contributed by atoms with E-state index in [0.29, 0.717) is 5.41 Å². The maximum atomic E-state index is 3.57. The summed E-state index contributed by atoms with van der Waals surface area (Å²) in [5, 5.41) is 3.57. The molecule has 0 bridgehead atoms. The Hall–Kier alpha value is -0.0800. The summed E-state index contributed by atoms with van der Waals surface area (Å²) in [5.74, 6) is 0. The van der Waals surface area contributed by atoms with Crippen molar-refractivity contribution in [2.45, 2.75) is 59.4 Å². The Labute approximate surface area is 102 Å². The van der Waals surface area contributed by atoms with Crippen molar-refractivity contribution < 1.29 is 0 Å². The molecule has 16 heavy (non-hydrogen) atoms. The third kappa shape index (κ3) is 3.46. The van der Waals surface area contributed by atoms with Crippen LogP contribution < -0.4 is 5.32 Å². The van der Waals surface area contributed by atoms with Gasteiger partial charge in [0.2, 0.25) is 0 Å². The van der Waals surface area contributed by atoms with Crippen LogP contribution in [0.3, 0.4) is 0 Å². The molecule has 1 N–H and O–H groups in total. The van der Waals surface area contributed by atoms with Gasteiger partial charge < -0.3 is 10.2 Å². The Morgan fingerprint density at radius 3 is 2.12 bits per heavy atom. The molecule has 2 heterocycles. The molecule has 0 aromatic rings. The second-order valence-electron chi connectivity index (χ2n) is 5.41. The molecule has 2 aliphatic heterocycles. The van der Waals surface area contributed by atoms with Crippen LogP contribution in [0, 0.1) is 5.41 Å². The Morgan fingerprint density at radius 2 is 1.69 bits per heavy atom. The molecule has 0 atom stereocenters. The third-order valence-electron chi connectivity index (χ3n) is 4.15. The second kappa shape index (κ2) is 6.61. The van der Waals surface area contributed by atoms with Crippen molar-refractivity contribution in [1.82, 2.24) is 10.2 Å². The van der Waals surface area contributed by atoms with Crippen molar-refractivity contribution >= 4 is 0 Å². The highest BCUT2D eigenvalue weighted by molar-refractivity contribution is 4.90. The zero-order valence-electron chi connectivity index (χ0n) is 11.7. The van der Waals surface area contributed by atoms with Crippen LogP contribution in [-0.4, -0.2) is 37.1 Å². The molecule has 2 heteroatoms. The van der Waals surface area contributed by atoms with E-state index in [0.717, 1.165) is 6.04 Å². The average molecular weight is 226 g/mol. The first-order valence-corrected chi connectivity index (χ1v) is 7.17. The molecular weight excluding hydrogens is 196 g/mol. The van der Waals surface area contributed by atoms with Crippen molar-refractivity contribution in [3.8, 4) is 0 Å². The van der Waals surface area contributed by atoms with E-state index in [2.05, 4.69) is 24.1 Å². The van der Waals surface area contributed by atoms with Gasteiger partial charge >= 0.3 is 0 Å². The van der Waals surface area contributed by atoms with Crippen LogP contribution in [0.5, 0.6) is 0 Å². The standard InChI is InChI=1S/C12H24N2.C2H6/c1-11(2)14-8-5-12(6-9-14)4-3-7-13-10-12;1-2/h11,13H,3-10H2,1-2H3;1-2H3. The number of piperidine rings is 2. The van der Waals surface area contributed by atoms with Gasteiger partial charge in [-0.15, -0.1) is 0 Å². The Kier molecular flexibility index (Phi) is 5.77. The maximum Gasteiger partial charge on any atom is 0.00385 e. The van der Waals surface area contributed by atoms with Gasteiger partial charge in [0.1, 0.15) is 0 Å². The van der Waals surface area contributed by atoms with E-state index in [9.17, 15) is 0 Å². The van der Waals surface area contributed by atoms with Gasteiger partial charge in [0.15, 0.2) is 0 Å². The Balaban J connectivity index is 0.000000606. The van der Waals surface area contributed by atoms with Gasteiger partial charge in [0.25, 0.3) is 0 Å². The molecule has 0 amide bonds. The minimum atomic E-state index is 0.670. The van der Waals surface area contributed by atoms with E-state index in [-0.39, 0.29) is 0 Å². The fraction of sp³-hybridized carbons (Fsp3) is 1.00. The van der Waals surface area contributed by atoms with E-state index in [1.807, 2.05) is 13.8 Å². The molecule has 2 fully saturated rings. The van der Waals surface area contributed by atoms with Crippen LogP contribution >= 0.6 is 0 Å². The summed E-state index contributed by atoms with van der Waals surface area (Å²) in [6.45, 7) is 13.8. The average Bonchev–Trinajstić information content (AvgIpc) is 2.33. The van der Waals surface area contributed by atoms with Gasteiger partial charge in [-0.05, 0) is 64.6 Å². The summed E-state index contributed by atoms with van der Waals surface area (Å²) in [5.41, 5.74) is 0.670. The summed E-state index contributed by atoms with van der Waals surface area (Å²) in [6, 6.07) is 0.740. The molecule has 0 unspecified atom stereocenters. The zero-order valence-corrected chi connectivity index (χ0v) is 11.7.